The van der Waals surface area contributed by atoms with Crippen molar-refractivity contribution in [1.82, 2.24) is 0 Å². The maximum absolute atomic E-state index is 12.9. The molecule has 21 heavy (non-hydrogen) atoms. The van der Waals surface area contributed by atoms with Gasteiger partial charge in [0.05, 0.1) is 28.7 Å². The number of halogens is 1. The zero-order valence-corrected chi connectivity index (χ0v) is 13.8. The summed E-state index contributed by atoms with van der Waals surface area (Å²) >= 11 is 2.15. The standard InChI is InChI=1S/C16H14INO3/c1-15-7-8-16(2,21-15)12-11(15)13(19)18(14(12)20)10-6-4-3-5-9(10)17/h3-8,11-12H,1-2H3/t11-,12-,15-,16+/m1/s1. The van der Waals surface area contributed by atoms with Gasteiger partial charge in [-0.25, -0.2) is 4.90 Å². The number of nitrogens with zero attached hydrogens (tertiary/aromatic N) is 1. The zero-order chi connectivity index (χ0) is 15.0. The van der Waals surface area contributed by atoms with Crippen molar-refractivity contribution in [2.45, 2.75) is 25.0 Å². The summed E-state index contributed by atoms with van der Waals surface area (Å²) < 4.78 is 6.88. The number of fused-ring (bicyclic) bond motifs is 5. The van der Waals surface area contributed by atoms with E-state index in [-0.39, 0.29) is 11.8 Å². The molecule has 2 saturated heterocycles. The average molecular weight is 395 g/mol. The van der Waals surface area contributed by atoms with E-state index in [0.717, 1.165) is 3.57 Å². The quantitative estimate of drug-likeness (QED) is 0.417. The Morgan fingerprint density at radius 1 is 1.05 bits per heavy atom. The summed E-state index contributed by atoms with van der Waals surface area (Å²) in [7, 11) is 0. The largest absolute Gasteiger partial charge is 0.359 e. The van der Waals surface area contributed by atoms with Crippen LogP contribution >= 0.6 is 22.6 Å². The fraction of sp³-hybridized carbons (Fsp3) is 0.375. The third-order valence-electron chi connectivity index (χ3n) is 4.82. The first kappa shape index (κ1) is 13.5. The third kappa shape index (κ3) is 1.53. The Labute approximate surface area is 136 Å². The number of rotatable bonds is 1. The van der Waals surface area contributed by atoms with Crippen LogP contribution in [0.25, 0.3) is 0 Å². The monoisotopic (exact) mass is 395 g/mol. The molecule has 0 aromatic heterocycles. The van der Waals surface area contributed by atoms with Crippen molar-refractivity contribution >= 4 is 40.1 Å². The van der Waals surface area contributed by atoms with E-state index in [1.165, 1.54) is 4.90 Å². The highest BCUT2D eigenvalue weighted by molar-refractivity contribution is 14.1. The number of ether oxygens (including phenoxy) is 1. The molecular weight excluding hydrogens is 381 g/mol. The molecule has 0 N–H and O–H groups in total. The van der Waals surface area contributed by atoms with Gasteiger partial charge in [0.25, 0.3) is 0 Å². The van der Waals surface area contributed by atoms with Gasteiger partial charge in [-0.3, -0.25) is 9.59 Å². The lowest BCUT2D eigenvalue weighted by Crippen LogP contribution is -2.39. The number of anilines is 1. The van der Waals surface area contributed by atoms with Gasteiger partial charge in [0.1, 0.15) is 0 Å². The Kier molecular flexibility index (Phi) is 2.53. The van der Waals surface area contributed by atoms with Gasteiger partial charge in [0.15, 0.2) is 0 Å². The highest BCUT2D eigenvalue weighted by Crippen LogP contribution is 2.57. The van der Waals surface area contributed by atoms with Crippen molar-refractivity contribution in [1.29, 1.82) is 0 Å². The summed E-state index contributed by atoms with van der Waals surface area (Å²) in [4.78, 5) is 27.1. The van der Waals surface area contributed by atoms with Crippen LogP contribution in [-0.2, 0) is 14.3 Å². The van der Waals surface area contributed by atoms with Crippen LogP contribution in [-0.4, -0.2) is 23.0 Å². The summed E-state index contributed by atoms with van der Waals surface area (Å²) in [6, 6.07) is 7.46. The van der Waals surface area contributed by atoms with E-state index in [1.54, 1.807) is 0 Å². The van der Waals surface area contributed by atoms with Crippen LogP contribution in [0.15, 0.2) is 36.4 Å². The number of para-hydroxylation sites is 1. The lowest BCUT2D eigenvalue weighted by Gasteiger charge is -2.25. The molecule has 1 aromatic rings. The second-order valence-corrected chi connectivity index (χ2v) is 7.38. The molecule has 4 atom stereocenters. The van der Waals surface area contributed by atoms with Crippen LogP contribution in [0.4, 0.5) is 5.69 Å². The zero-order valence-electron chi connectivity index (χ0n) is 11.7. The predicted octanol–water partition coefficient (Wildman–Crippen LogP) is 2.51. The first-order valence-electron chi connectivity index (χ1n) is 6.90. The molecule has 5 heteroatoms. The molecule has 2 fully saturated rings. The van der Waals surface area contributed by atoms with E-state index < -0.39 is 23.0 Å². The van der Waals surface area contributed by atoms with Gasteiger partial charge < -0.3 is 4.74 Å². The van der Waals surface area contributed by atoms with Crippen molar-refractivity contribution in [2.75, 3.05) is 4.90 Å². The normalized spacial score (nSPS) is 40.2. The number of imide groups is 1. The topological polar surface area (TPSA) is 46.6 Å². The van der Waals surface area contributed by atoms with Crippen LogP contribution in [0.1, 0.15) is 13.8 Å². The van der Waals surface area contributed by atoms with Gasteiger partial charge in [-0.2, -0.15) is 0 Å². The Morgan fingerprint density at radius 2 is 1.57 bits per heavy atom. The molecule has 0 aliphatic carbocycles. The third-order valence-corrected chi connectivity index (χ3v) is 5.73. The number of carbonyl (C=O) groups excluding carboxylic acids is 2. The highest BCUT2D eigenvalue weighted by atomic mass is 127. The van der Waals surface area contributed by atoms with E-state index >= 15 is 0 Å². The summed E-state index contributed by atoms with van der Waals surface area (Å²) in [5.74, 6) is -1.14. The summed E-state index contributed by atoms with van der Waals surface area (Å²) in [6.07, 6.45) is 3.86. The Bertz CT molecular complexity index is 679. The molecule has 0 unspecified atom stereocenters. The molecule has 3 heterocycles. The van der Waals surface area contributed by atoms with E-state index in [1.807, 2.05) is 50.3 Å². The molecule has 4 rings (SSSR count). The van der Waals surface area contributed by atoms with Gasteiger partial charge in [0.2, 0.25) is 11.8 Å². The first-order valence-corrected chi connectivity index (χ1v) is 7.98. The van der Waals surface area contributed by atoms with Gasteiger partial charge in [-0.15, -0.1) is 0 Å². The molecule has 3 aliphatic rings. The molecular formula is C16H14INO3. The Balaban J connectivity index is 1.85. The van der Waals surface area contributed by atoms with Gasteiger partial charge in [-0.1, -0.05) is 24.3 Å². The molecule has 0 saturated carbocycles. The van der Waals surface area contributed by atoms with Gasteiger partial charge >= 0.3 is 0 Å². The molecule has 0 radical (unpaired) electrons. The SMILES string of the molecule is C[C@]12C=C[C@](C)(O1)[C@H]1C(=O)N(c3ccccc3I)C(=O)[C@@H]12. The van der Waals surface area contributed by atoms with Gasteiger partial charge in [0, 0.05) is 3.57 Å². The van der Waals surface area contributed by atoms with E-state index in [9.17, 15) is 9.59 Å². The summed E-state index contributed by atoms with van der Waals surface area (Å²) in [6.45, 7) is 3.79. The minimum absolute atomic E-state index is 0.148. The lowest BCUT2D eigenvalue weighted by molar-refractivity contribution is -0.128. The van der Waals surface area contributed by atoms with Crippen LogP contribution in [0, 0.1) is 15.4 Å². The smallest absolute Gasteiger partial charge is 0.241 e. The maximum atomic E-state index is 12.9. The average Bonchev–Trinajstić information content (AvgIpc) is 2.97. The van der Waals surface area contributed by atoms with E-state index in [0.29, 0.717) is 5.69 Å². The molecule has 1 aromatic carbocycles. The second kappa shape index (κ2) is 3.95. The van der Waals surface area contributed by atoms with Crippen molar-refractivity contribution in [3.63, 3.8) is 0 Å². The van der Waals surface area contributed by atoms with Crippen LogP contribution in [0.3, 0.4) is 0 Å². The van der Waals surface area contributed by atoms with Crippen molar-refractivity contribution in [2.24, 2.45) is 11.8 Å². The second-order valence-electron chi connectivity index (χ2n) is 6.22. The van der Waals surface area contributed by atoms with Crippen molar-refractivity contribution < 1.29 is 14.3 Å². The molecule has 4 nitrogen and oxygen atoms in total. The number of hydrogen-bond donors (Lipinski definition) is 0. The fourth-order valence-electron chi connectivity index (χ4n) is 3.90. The lowest BCUT2D eigenvalue weighted by atomic mass is 9.73. The van der Waals surface area contributed by atoms with E-state index in [4.69, 9.17) is 4.74 Å². The molecule has 108 valence electrons. The van der Waals surface area contributed by atoms with Crippen LogP contribution in [0.2, 0.25) is 0 Å². The number of carbonyl (C=O) groups is 2. The first-order chi connectivity index (χ1) is 9.87. The van der Waals surface area contributed by atoms with Gasteiger partial charge in [-0.05, 0) is 48.6 Å². The minimum Gasteiger partial charge on any atom is -0.359 e. The minimum atomic E-state index is -0.666. The van der Waals surface area contributed by atoms with E-state index in [2.05, 4.69) is 22.6 Å². The number of amides is 2. The Hall–Kier alpha value is -1.21. The maximum Gasteiger partial charge on any atom is 0.241 e. The highest BCUT2D eigenvalue weighted by Gasteiger charge is 2.70. The van der Waals surface area contributed by atoms with Crippen LogP contribution in [0.5, 0.6) is 0 Å². The Morgan fingerprint density at radius 3 is 2.10 bits per heavy atom. The van der Waals surface area contributed by atoms with Crippen molar-refractivity contribution in [3.8, 4) is 0 Å². The van der Waals surface area contributed by atoms with Crippen molar-refractivity contribution in [3.05, 3.63) is 40.0 Å². The number of hydrogen-bond acceptors (Lipinski definition) is 3. The number of benzene rings is 1. The molecule has 2 amide bonds. The summed E-state index contributed by atoms with van der Waals surface area (Å²) in [5, 5.41) is 0. The van der Waals surface area contributed by atoms with Crippen LogP contribution < -0.4 is 4.90 Å². The molecule has 3 aliphatic heterocycles. The molecule has 2 bridgehead atoms. The summed E-state index contributed by atoms with van der Waals surface area (Å²) in [5.41, 5.74) is -0.656. The molecule has 0 spiro atoms. The predicted molar refractivity (Wildman–Crippen MR) is 85.7 cm³/mol. The fourth-order valence-corrected chi connectivity index (χ4v) is 4.53.